The van der Waals surface area contributed by atoms with Gasteiger partial charge in [-0.15, -0.1) is 0 Å². The zero-order valence-electron chi connectivity index (χ0n) is 16.3. The van der Waals surface area contributed by atoms with Crippen LogP contribution in [-0.2, 0) is 19.7 Å². The molecule has 160 valence electrons. The SMILES string of the molecule is O=C(COC(=O)C1(c2ccc(Cl)cc2)CCCC1)Nc1nc2ccc([N+](=O)[O-])cc2s1. The number of anilines is 1. The molecule has 1 aliphatic rings. The molecule has 31 heavy (non-hydrogen) atoms. The van der Waals surface area contributed by atoms with E-state index < -0.39 is 28.8 Å². The molecule has 1 aromatic heterocycles. The Morgan fingerprint density at radius 2 is 1.90 bits per heavy atom. The van der Waals surface area contributed by atoms with Crippen molar-refractivity contribution in [3.8, 4) is 0 Å². The van der Waals surface area contributed by atoms with Crippen molar-refractivity contribution in [2.24, 2.45) is 0 Å². The largest absolute Gasteiger partial charge is 0.455 e. The topological polar surface area (TPSA) is 111 Å². The van der Waals surface area contributed by atoms with Crippen LogP contribution >= 0.6 is 22.9 Å². The molecule has 0 radical (unpaired) electrons. The summed E-state index contributed by atoms with van der Waals surface area (Å²) >= 11 is 7.08. The number of aromatic nitrogens is 1. The van der Waals surface area contributed by atoms with Crippen LogP contribution < -0.4 is 5.32 Å². The fourth-order valence-electron chi connectivity index (χ4n) is 3.86. The second-order valence-electron chi connectivity index (χ2n) is 7.35. The fourth-order valence-corrected chi connectivity index (χ4v) is 4.90. The first-order valence-corrected chi connectivity index (χ1v) is 10.8. The third kappa shape index (κ3) is 4.38. The molecule has 0 bridgehead atoms. The highest BCUT2D eigenvalue weighted by Crippen LogP contribution is 2.42. The van der Waals surface area contributed by atoms with Gasteiger partial charge in [0.2, 0.25) is 0 Å². The molecule has 1 saturated carbocycles. The highest BCUT2D eigenvalue weighted by atomic mass is 35.5. The van der Waals surface area contributed by atoms with E-state index in [2.05, 4.69) is 10.3 Å². The molecule has 10 heteroatoms. The maximum atomic E-state index is 12.9. The van der Waals surface area contributed by atoms with Crippen molar-refractivity contribution in [3.63, 3.8) is 0 Å². The van der Waals surface area contributed by atoms with Gasteiger partial charge in [-0.05, 0) is 36.6 Å². The summed E-state index contributed by atoms with van der Waals surface area (Å²) in [5.41, 5.74) is 0.565. The normalized spacial score (nSPS) is 15.0. The van der Waals surface area contributed by atoms with Gasteiger partial charge in [0.05, 0.1) is 20.6 Å². The lowest BCUT2D eigenvalue weighted by atomic mass is 9.79. The first-order chi connectivity index (χ1) is 14.9. The average Bonchev–Trinajstić information content (AvgIpc) is 3.39. The number of esters is 1. The van der Waals surface area contributed by atoms with Gasteiger partial charge in [-0.2, -0.15) is 0 Å². The van der Waals surface area contributed by atoms with Gasteiger partial charge in [0.1, 0.15) is 0 Å². The lowest BCUT2D eigenvalue weighted by Gasteiger charge is -2.27. The molecule has 1 amide bonds. The smallest absolute Gasteiger partial charge is 0.317 e. The molecule has 0 spiro atoms. The number of carbonyl (C=O) groups is 2. The van der Waals surface area contributed by atoms with E-state index in [9.17, 15) is 19.7 Å². The summed E-state index contributed by atoms with van der Waals surface area (Å²) < 4.78 is 5.95. The Bertz CT molecular complexity index is 1160. The molecule has 0 aliphatic heterocycles. The highest BCUT2D eigenvalue weighted by Gasteiger charge is 2.44. The lowest BCUT2D eigenvalue weighted by molar-refractivity contribution is -0.384. The average molecular weight is 460 g/mol. The number of nitro benzene ring substituents is 1. The molecule has 0 atom stereocenters. The van der Waals surface area contributed by atoms with E-state index in [0.717, 1.165) is 29.7 Å². The number of thiazole rings is 1. The third-order valence-electron chi connectivity index (χ3n) is 5.41. The van der Waals surface area contributed by atoms with E-state index in [4.69, 9.17) is 16.3 Å². The minimum Gasteiger partial charge on any atom is -0.455 e. The van der Waals surface area contributed by atoms with E-state index in [-0.39, 0.29) is 10.8 Å². The number of hydrogen-bond donors (Lipinski definition) is 1. The summed E-state index contributed by atoms with van der Waals surface area (Å²) in [5, 5.41) is 14.4. The van der Waals surface area contributed by atoms with Crippen LogP contribution in [0.3, 0.4) is 0 Å². The molecule has 1 N–H and O–H groups in total. The quantitative estimate of drug-likeness (QED) is 0.320. The fraction of sp³-hybridized carbons (Fsp3) is 0.286. The van der Waals surface area contributed by atoms with Gasteiger partial charge in [-0.1, -0.05) is 47.9 Å². The van der Waals surface area contributed by atoms with Crippen LogP contribution in [0.2, 0.25) is 5.02 Å². The summed E-state index contributed by atoms with van der Waals surface area (Å²) in [6.45, 7) is -0.440. The van der Waals surface area contributed by atoms with Gasteiger partial charge < -0.3 is 4.74 Å². The third-order valence-corrected chi connectivity index (χ3v) is 6.59. The van der Waals surface area contributed by atoms with Gasteiger partial charge in [0, 0.05) is 17.2 Å². The van der Waals surface area contributed by atoms with Crippen LogP contribution in [0.1, 0.15) is 31.2 Å². The zero-order chi connectivity index (χ0) is 22.0. The number of nitrogens with zero attached hydrogens (tertiary/aromatic N) is 2. The molecule has 0 saturated heterocycles. The number of hydrogen-bond acceptors (Lipinski definition) is 7. The first-order valence-electron chi connectivity index (χ1n) is 9.65. The summed E-state index contributed by atoms with van der Waals surface area (Å²) in [4.78, 5) is 39.9. The van der Waals surface area contributed by atoms with Crippen molar-refractivity contribution in [2.45, 2.75) is 31.1 Å². The number of fused-ring (bicyclic) bond motifs is 1. The van der Waals surface area contributed by atoms with Crippen LogP contribution in [-0.4, -0.2) is 28.4 Å². The molecule has 8 nitrogen and oxygen atoms in total. The predicted octanol–water partition coefficient (Wildman–Crippen LogP) is 4.85. The Hall–Kier alpha value is -3.04. The minimum atomic E-state index is -0.764. The zero-order valence-corrected chi connectivity index (χ0v) is 17.9. The van der Waals surface area contributed by atoms with E-state index in [1.807, 2.05) is 12.1 Å². The summed E-state index contributed by atoms with van der Waals surface area (Å²) in [7, 11) is 0. The number of nitrogens with one attached hydrogen (secondary N) is 1. The monoisotopic (exact) mass is 459 g/mol. The van der Waals surface area contributed by atoms with Crippen molar-refractivity contribution >= 4 is 55.8 Å². The van der Waals surface area contributed by atoms with E-state index in [1.165, 1.54) is 18.2 Å². The number of carbonyl (C=O) groups excluding carboxylic acids is 2. The Morgan fingerprint density at radius 1 is 1.19 bits per heavy atom. The van der Waals surface area contributed by atoms with Gasteiger partial charge >= 0.3 is 5.97 Å². The molecule has 1 heterocycles. The predicted molar refractivity (Wildman–Crippen MR) is 117 cm³/mol. The molecule has 1 aliphatic carbocycles. The van der Waals surface area contributed by atoms with Gasteiger partial charge in [0.25, 0.3) is 11.6 Å². The maximum absolute atomic E-state index is 12.9. The molecule has 2 aromatic carbocycles. The number of rotatable bonds is 6. The number of non-ortho nitro benzene ring substituents is 1. The molecular formula is C21H18ClN3O5S. The van der Waals surface area contributed by atoms with Crippen LogP contribution in [0.5, 0.6) is 0 Å². The number of ether oxygens (including phenoxy) is 1. The van der Waals surface area contributed by atoms with Gasteiger partial charge in [0.15, 0.2) is 11.7 Å². The maximum Gasteiger partial charge on any atom is 0.317 e. The second-order valence-corrected chi connectivity index (χ2v) is 8.82. The highest BCUT2D eigenvalue weighted by molar-refractivity contribution is 7.22. The van der Waals surface area contributed by atoms with Crippen molar-refractivity contribution in [3.05, 3.63) is 63.2 Å². The van der Waals surface area contributed by atoms with Crippen molar-refractivity contribution in [1.29, 1.82) is 0 Å². The summed E-state index contributed by atoms with van der Waals surface area (Å²) in [6, 6.07) is 11.4. The Kier molecular flexibility index (Phi) is 5.88. The molecule has 4 rings (SSSR count). The first kappa shape index (κ1) is 21.2. The number of nitro groups is 1. The van der Waals surface area contributed by atoms with Crippen LogP contribution in [0.4, 0.5) is 10.8 Å². The molecule has 1 fully saturated rings. The number of amides is 1. The summed E-state index contributed by atoms with van der Waals surface area (Å²) in [6.07, 6.45) is 3.13. The molecule has 3 aromatic rings. The second kappa shape index (κ2) is 8.60. The van der Waals surface area contributed by atoms with E-state index in [0.29, 0.717) is 28.1 Å². The Morgan fingerprint density at radius 3 is 2.58 bits per heavy atom. The van der Waals surface area contributed by atoms with Crippen molar-refractivity contribution in [2.75, 3.05) is 11.9 Å². The lowest BCUT2D eigenvalue weighted by Crippen LogP contribution is -2.36. The standard InChI is InChI=1S/C21H18ClN3O5S/c22-14-5-3-13(4-6-14)21(9-1-2-10-21)19(27)30-12-18(26)24-20-23-16-8-7-15(25(28)29)11-17(16)31-20/h3-8,11H,1-2,9-10,12H2,(H,23,24,26). The van der Waals surface area contributed by atoms with Crippen molar-refractivity contribution in [1.82, 2.24) is 4.98 Å². The van der Waals surface area contributed by atoms with Gasteiger partial charge in [-0.3, -0.25) is 25.0 Å². The minimum absolute atomic E-state index is 0.0491. The van der Waals surface area contributed by atoms with Gasteiger partial charge in [-0.25, -0.2) is 4.98 Å². The van der Waals surface area contributed by atoms with Crippen LogP contribution in [0.25, 0.3) is 10.2 Å². The molecule has 0 unspecified atom stereocenters. The Balaban J connectivity index is 1.42. The Labute approximate surface area is 186 Å². The number of benzene rings is 2. The summed E-state index contributed by atoms with van der Waals surface area (Å²) in [5.74, 6) is -0.950. The van der Waals surface area contributed by atoms with E-state index in [1.54, 1.807) is 12.1 Å². The number of halogens is 1. The van der Waals surface area contributed by atoms with Crippen LogP contribution in [0, 0.1) is 10.1 Å². The van der Waals surface area contributed by atoms with E-state index >= 15 is 0 Å². The van der Waals surface area contributed by atoms with Crippen LogP contribution in [0.15, 0.2) is 42.5 Å². The molecular weight excluding hydrogens is 442 g/mol. The van der Waals surface area contributed by atoms with Crippen molar-refractivity contribution < 1.29 is 19.2 Å².